The summed E-state index contributed by atoms with van der Waals surface area (Å²) in [7, 11) is 1.42. The largest absolute Gasteiger partial charge is 0.294 e. The Balaban J connectivity index is 2.36. The molecule has 1 aromatic rings. The van der Waals surface area contributed by atoms with E-state index in [9.17, 15) is 13.2 Å². The first-order valence-corrected chi connectivity index (χ1v) is 7.83. The van der Waals surface area contributed by atoms with Crippen LogP contribution in [0.5, 0.6) is 0 Å². The van der Waals surface area contributed by atoms with Gasteiger partial charge in [-0.15, -0.1) is 0 Å². The van der Waals surface area contributed by atoms with Crippen LogP contribution in [0.3, 0.4) is 0 Å². The van der Waals surface area contributed by atoms with Gasteiger partial charge in [-0.05, 0) is 0 Å². The maximum atomic E-state index is 11.7. The Morgan fingerprint density at radius 3 is 2.56 bits per heavy atom. The highest BCUT2D eigenvalue weighted by Crippen LogP contribution is 2.32. The Morgan fingerprint density at radius 2 is 2.00 bits per heavy atom. The van der Waals surface area contributed by atoms with Crippen LogP contribution in [-0.4, -0.2) is 36.1 Å². The van der Waals surface area contributed by atoms with Gasteiger partial charge in [0.05, 0.1) is 0 Å². The monoisotopic (exact) mass is 329 g/mol. The molecule has 1 aromatic heterocycles. The summed E-state index contributed by atoms with van der Waals surface area (Å²) < 4.78 is 22.4. The molecular weight excluding hydrogens is 325 g/mol. The van der Waals surface area contributed by atoms with Crippen LogP contribution < -0.4 is 4.90 Å². The van der Waals surface area contributed by atoms with Gasteiger partial charge in [-0.25, -0.2) is 18.4 Å². The summed E-state index contributed by atoms with van der Waals surface area (Å²) in [5.41, 5.74) is 0. The van der Waals surface area contributed by atoms with E-state index in [-0.39, 0.29) is 29.0 Å². The van der Waals surface area contributed by atoms with Crippen LogP contribution in [0, 0.1) is 0 Å². The molecule has 1 unspecified atom stereocenters. The third kappa shape index (κ3) is 2.54. The maximum absolute atomic E-state index is 11.7. The normalized spacial score (nSPS) is 20.5. The number of hydrogen-bond donors (Lipinski definition) is 0. The van der Waals surface area contributed by atoms with E-state index >= 15 is 0 Å². The van der Waals surface area contributed by atoms with Crippen molar-refractivity contribution < 1.29 is 13.2 Å². The highest BCUT2D eigenvalue weighted by Gasteiger charge is 2.39. The molecule has 2 heterocycles. The van der Waals surface area contributed by atoms with E-state index < -0.39 is 20.2 Å². The van der Waals surface area contributed by atoms with E-state index in [0.29, 0.717) is 0 Å². The fourth-order valence-electron chi connectivity index (χ4n) is 1.60. The molecular formula is C8H6Cl3N3O3S. The molecule has 0 spiro atoms. The number of nitrogens with zero attached hydrogens (tertiary/aromatic N) is 3. The van der Waals surface area contributed by atoms with Crippen LogP contribution in [-0.2, 0) is 13.8 Å². The maximum Gasteiger partial charge on any atom is 0.237 e. The van der Waals surface area contributed by atoms with Crippen LogP contribution in [0.15, 0.2) is 6.33 Å². The molecule has 98 valence electrons. The summed E-state index contributed by atoms with van der Waals surface area (Å²) in [6, 6.07) is 0. The average Bonchev–Trinajstić information content (AvgIpc) is 2.64. The Labute approximate surface area is 117 Å². The van der Waals surface area contributed by atoms with Gasteiger partial charge in [-0.1, -0.05) is 23.2 Å². The van der Waals surface area contributed by atoms with Gasteiger partial charge >= 0.3 is 0 Å². The first-order valence-electron chi connectivity index (χ1n) is 4.70. The Morgan fingerprint density at radius 1 is 1.33 bits per heavy atom. The molecule has 0 saturated carbocycles. The van der Waals surface area contributed by atoms with Crippen molar-refractivity contribution in [1.29, 1.82) is 0 Å². The number of carbonyl (C=O) groups is 1. The molecule has 10 heteroatoms. The van der Waals surface area contributed by atoms with E-state index in [1.54, 1.807) is 0 Å². The lowest BCUT2D eigenvalue weighted by atomic mass is 10.4. The standard InChI is InChI=1S/C8H6Cl3N3O3S/c9-6-7(10)12-3-13-8(6)14-2-4(1-5(14)15)18(11,16)17/h3-4H,1-2H2. The summed E-state index contributed by atoms with van der Waals surface area (Å²) in [6.07, 6.45) is 0.934. The lowest BCUT2D eigenvalue weighted by Gasteiger charge is -2.16. The number of rotatable bonds is 2. The highest BCUT2D eigenvalue weighted by molar-refractivity contribution is 8.14. The van der Waals surface area contributed by atoms with Crippen molar-refractivity contribution in [2.75, 3.05) is 11.4 Å². The van der Waals surface area contributed by atoms with Crippen LogP contribution in [0.2, 0.25) is 10.2 Å². The zero-order valence-corrected chi connectivity index (χ0v) is 11.8. The fraction of sp³-hybridized carbons (Fsp3) is 0.375. The molecule has 1 atom stereocenters. The van der Waals surface area contributed by atoms with Crippen molar-refractivity contribution in [2.45, 2.75) is 11.7 Å². The number of aromatic nitrogens is 2. The number of halogens is 3. The predicted octanol–water partition coefficient (Wildman–Crippen LogP) is 1.46. The third-order valence-electron chi connectivity index (χ3n) is 2.47. The van der Waals surface area contributed by atoms with Gasteiger partial charge in [0.1, 0.15) is 16.6 Å². The Bertz CT molecular complexity index is 607. The van der Waals surface area contributed by atoms with E-state index in [2.05, 4.69) is 9.97 Å². The molecule has 1 aliphatic heterocycles. The number of carbonyl (C=O) groups excluding carboxylic acids is 1. The van der Waals surface area contributed by atoms with Gasteiger partial charge in [-0.2, -0.15) is 0 Å². The number of hydrogen-bond acceptors (Lipinski definition) is 5. The minimum absolute atomic E-state index is 0.000127. The van der Waals surface area contributed by atoms with Crippen LogP contribution >= 0.6 is 33.9 Å². The zero-order valence-electron chi connectivity index (χ0n) is 8.68. The first-order chi connectivity index (χ1) is 8.30. The second-order valence-corrected chi connectivity index (χ2v) is 7.25. The van der Waals surface area contributed by atoms with E-state index in [0.717, 1.165) is 11.2 Å². The van der Waals surface area contributed by atoms with Gasteiger partial charge < -0.3 is 0 Å². The SMILES string of the molecule is O=C1CC(S(=O)(=O)Cl)CN1c1ncnc(Cl)c1Cl. The average molecular weight is 331 g/mol. The molecule has 18 heavy (non-hydrogen) atoms. The van der Waals surface area contributed by atoms with E-state index in [1.807, 2.05) is 0 Å². The number of amides is 1. The highest BCUT2D eigenvalue weighted by atomic mass is 35.7. The molecule has 1 fully saturated rings. The summed E-state index contributed by atoms with van der Waals surface area (Å²) in [6.45, 7) is -0.0995. The predicted molar refractivity (Wildman–Crippen MR) is 67.6 cm³/mol. The smallest absolute Gasteiger partial charge is 0.237 e. The van der Waals surface area contributed by atoms with Gasteiger partial charge in [-0.3, -0.25) is 9.69 Å². The Kier molecular flexibility index (Phi) is 3.68. The van der Waals surface area contributed by atoms with Crippen molar-refractivity contribution >= 4 is 54.7 Å². The fourth-order valence-corrected chi connectivity index (χ4v) is 2.95. The van der Waals surface area contributed by atoms with E-state index in [4.69, 9.17) is 33.9 Å². The lowest BCUT2D eigenvalue weighted by Crippen LogP contribution is -2.28. The molecule has 2 rings (SSSR count). The van der Waals surface area contributed by atoms with Gasteiger partial charge in [0.15, 0.2) is 11.0 Å². The zero-order chi connectivity index (χ0) is 13.5. The molecule has 0 radical (unpaired) electrons. The van der Waals surface area contributed by atoms with Gasteiger partial charge in [0.25, 0.3) is 0 Å². The lowest BCUT2D eigenvalue weighted by molar-refractivity contribution is -0.117. The van der Waals surface area contributed by atoms with Gasteiger partial charge in [0.2, 0.25) is 15.0 Å². The second-order valence-electron chi connectivity index (χ2n) is 3.61. The molecule has 1 aliphatic rings. The second kappa shape index (κ2) is 4.80. The molecule has 0 N–H and O–H groups in total. The first kappa shape index (κ1) is 13.8. The summed E-state index contributed by atoms with van der Waals surface area (Å²) in [4.78, 5) is 20.3. The Hall–Kier alpha value is -0.630. The minimum Gasteiger partial charge on any atom is -0.294 e. The summed E-state index contributed by atoms with van der Waals surface area (Å²) >= 11 is 11.6. The summed E-state index contributed by atoms with van der Waals surface area (Å²) in [5.74, 6) is -0.342. The van der Waals surface area contributed by atoms with Crippen molar-refractivity contribution in [3.8, 4) is 0 Å². The van der Waals surface area contributed by atoms with Crippen LogP contribution in [0.25, 0.3) is 0 Å². The molecule has 1 amide bonds. The van der Waals surface area contributed by atoms with Crippen molar-refractivity contribution in [2.24, 2.45) is 0 Å². The molecule has 0 bridgehead atoms. The van der Waals surface area contributed by atoms with Gasteiger partial charge in [0, 0.05) is 23.6 Å². The number of anilines is 1. The van der Waals surface area contributed by atoms with Crippen molar-refractivity contribution in [3.63, 3.8) is 0 Å². The minimum atomic E-state index is -3.81. The molecule has 0 aromatic carbocycles. The third-order valence-corrected chi connectivity index (χ3v) is 5.07. The van der Waals surface area contributed by atoms with Crippen LogP contribution in [0.1, 0.15) is 6.42 Å². The van der Waals surface area contributed by atoms with Crippen molar-refractivity contribution in [1.82, 2.24) is 9.97 Å². The van der Waals surface area contributed by atoms with E-state index in [1.165, 1.54) is 0 Å². The van der Waals surface area contributed by atoms with Crippen LogP contribution in [0.4, 0.5) is 5.82 Å². The van der Waals surface area contributed by atoms with Crippen molar-refractivity contribution in [3.05, 3.63) is 16.5 Å². The summed E-state index contributed by atoms with van der Waals surface area (Å²) in [5, 5.41) is -0.983. The topological polar surface area (TPSA) is 80.2 Å². The molecule has 0 aliphatic carbocycles. The molecule has 1 saturated heterocycles. The molecule has 6 nitrogen and oxygen atoms in total. The quantitative estimate of drug-likeness (QED) is 0.606.